The molecule has 0 aliphatic carbocycles. The van der Waals surface area contributed by atoms with E-state index in [-0.39, 0.29) is 0 Å². The smallest absolute Gasteiger partial charge is 0.213 e. The summed E-state index contributed by atoms with van der Waals surface area (Å²) in [7, 11) is 1.64. The summed E-state index contributed by atoms with van der Waals surface area (Å²) in [6.07, 6.45) is 1.89. The summed E-state index contributed by atoms with van der Waals surface area (Å²) in [5.41, 5.74) is 1.19. The fourth-order valence-corrected chi connectivity index (χ4v) is 2.18. The molecule has 1 aromatic heterocycles. The highest BCUT2D eigenvalue weighted by Crippen LogP contribution is 2.18. The Kier molecular flexibility index (Phi) is 3.84. The van der Waals surface area contributed by atoms with Crippen molar-refractivity contribution in [2.24, 2.45) is 0 Å². The predicted octanol–water partition coefficient (Wildman–Crippen LogP) is 1.62. The zero-order valence-corrected chi connectivity index (χ0v) is 10.9. The second kappa shape index (κ2) is 5.36. The Balaban J connectivity index is 1.95. The molecule has 1 saturated heterocycles. The minimum absolute atomic E-state index is 0.645. The van der Waals surface area contributed by atoms with Crippen molar-refractivity contribution in [3.63, 3.8) is 0 Å². The molecule has 1 fully saturated rings. The fourth-order valence-electron chi connectivity index (χ4n) is 2.18. The molecule has 1 aliphatic rings. The first-order chi connectivity index (χ1) is 8.20. The molecule has 0 unspecified atom stereocenters. The van der Waals surface area contributed by atoms with Crippen LogP contribution in [-0.2, 0) is 0 Å². The van der Waals surface area contributed by atoms with Gasteiger partial charge in [-0.15, -0.1) is 0 Å². The van der Waals surface area contributed by atoms with Gasteiger partial charge in [-0.05, 0) is 19.9 Å². The van der Waals surface area contributed by atoms with Crippen LogP contribution >= 0.6 is 0 Å². The monoisotopic (exact) mass is 235 g/mol. The lowest BCUT2D eigenvalue weighted by molar-refractivity contribution is 0.209. The zero-order chi connectivity index (χ0) is 12.3. The largest absolute Gasteiger partial charge is 0.481 e. The lowest BCUT2D eigenvalue weighted by atomic mass is 10.2. The van der Waals surface area contributed by atoms with Gasteiger partial charge in [-0.1, -0.05) is 0 Å². The van der Waals surface area contributed by atoms with Crippen molar-refractivity contribution >= 4 is 5.69 Å². The lowest BCUT2D eigenvalue weighted by Crippen LogP contribution is -2.48. The second-order valence-corrected chi connectivity index (χ2v) is 4.68. The number of piperazine rings is 1. The van der Waals surface area contributed by atoms with Gasteiger partial charge in [-0.2, -0.15) is 0 Å². The van der Waals surface area contributed by atoms with E-state index in [2.05, 4.69) is 34.7 Å². The first kappa shape index (κ1) is 12.2. The molecular formula is C13H21N3O. The van der Waals surface area contributed by atoms with Crippen LogP contribution in [0.3, 0.4) is 0 Å². The van der Waals surface area contributed by atoms with Gasteiger partial charge < -0.3 is 9.64 Å². The first-order valence-electron chi connectivity index (χ1n) is 6.19. The normalized spacial score (nSPS) is 17.5. The average Bonchev–Trinajstić information content (AvgIpc) is 2.39. The van der Waals surface area contributed by atoms with E-state index in [4.69, 9.17) is 4.74 Å². The van der Waals surface area contributed by atoms with Crippen LogP contribution in [0.1, 0.15) is 13.8 Å². The van der Waals surface area contributed by atoms with Crippen molar-refractivity contribution < 1.29 is 4.74 Å². The van der Waals surface area contributed by atoms with Gasteiger partial charge in [0, 0.05) is 38.3 Å². The number of rotatable bonds is 3. The fraction of sp³-hybridized carbons (Fsp3) is 0.615. The number of ether oxygens (including phenoxy) is 1. The van der Waals surface area contributed by atoms with Gasteiger partial charge in [0.2, 0.25) is 5.88 Å². The first-order valence-corrected chi connectivity index (χ1v) is 6.19. The van der Waals surface area contributed by atoms with Crippen molar-refractivity contribution in [1.29, 1.82) is 0 Å². The molecule has 0 atom stereocenters. The summed E-state index contributed by atoms with van der Waals surface area (Å²) < 4.78 is 5.07. The molecule has 1 aromatic rings. The molecule has 4 nitrogen and oxygen atoms in total. The summed E-state index contributed by atoms with van der Waals surface area (Å²) >= 11 is 0. The minimum Gasteiger partial charge on any atom is -0.481 e. The van der Waals surface area contributed by atoms with Crippen LogP contribution in [-0.4, -0.2) is 49.2 Å². The third-order valence-corrected chi connectivity index (χ3v) is 3.34. The highest BCUT2D eigenvalue weighted by molar-refractivity contribution is 5.45. The van der Waals surface area contributed by atoms with E-state index in [0.29, 0.717) is 11.9 Å². The summed E-state index contributed by atoms with van der Waals surface area (Å²) in [5.74, 6) is 0.676. The SMILES string of the molecule is COc1ccc(N2CCN(C(C)C)CC2)cn1. The van der Waals surface area contributed by atoms with Gasteiger partial charge in [0.15, 0.2) is 0 Å². The number of nitrogens with zero attached hydrogens (tertiary/aromatic N) is 3. The van der Waals surface area contributed by atoms with Crippen LogP contribution < -0.4 is 9.64 Å². The summed E-state index contributed by atoms with van der Waals surface area (Å²) in [6, 6.07) is 4.65. The standard InChI is InChI=1S/C13H21N3O/c1-11(2)15-6-8-16(9-7-15)12-4-5-13(17-3)14-10-12/h4-5,10-11H,6-9H2,1-3H3. The van der Waals surface area contributed by atoms with Gasteiger partial charge in [0.25, 0.3) is 0 Å². The van der Waals surface area contributed by atoms with E-state index < -0.39 is 0 Å². The van der Waals surface area contributed by atoms with E-state index in [0.717, 1.165) is 26.2 Å². The van der Waals surface area contributed by atoms with Crippen molar-refractivity contribution in [3.8, 4) is 5.88 Å². The summed E-state index contributed by atoms with van der Waals surface area (Å²) in [5, 5.41) is 0. The molecular weight excluding hydrogens is 214 g/mol. The Bertz CT molecular complexity index is 342. The van der Waals surface area contributed by atoms with Gasteiger partial charge >= 0.3 is 0 Å². The molecule has 94 valence electrons. The minimum atomic E-state index is 0.645. The van der Waals surface area contributed by atoms with E-state index >= 15 is 0 Å². The van der Waals surface area contributed by atoms with Crippen LogP contribution in [0.15, 0.2) is 18.3 Å². The molecule has 0 saturated carbocycles. The third kappa shape index (κ3) is 2.88. The molecule has 0 aromatic carbocycles. The van der Waals surface area contributed by atoms with E-state index in [1.807, 2.05) is 12.3 Å². The number of methoxy groups -OCH3 is 1. The Morgan fingerprint density at radius 2 is 1.88 bits per heavy atom. The Morgan fingerprint density at radius 3 is 2.35 bits per heavy atom. The highest BCUT2D eigenvalue weighted by atomic mass is 16.5. The quantitative estimate of drug-likeness (QED) is 0.796. The van der Waals surface area contributed by atoms with Crippen molar-refractivity contribution in [3.05, 3.63) is 18.3 Å². The van der Waals surface area contributed by atoms with E-state index in [1.165, 1.54) is 5.69 Å². The van der Waals surface area contributed by atoms with Gasteiger partial charge in [-0.3, -0.25) is 4.90 Å². The Hall–Kier alpha value is -1.29. The molecule has 17 heavy (non-hydrogen) atoms. The predicted molar refractivity (Wildman–Crippen MR) is 69.7 cm³/mol. The molecule has 0 spiro atoms. The van der Waals surface area contributed by atoms with Crippen molar-refractivity contribution in [2.45, 2.75) is 19.9 Å². The number of hydrogen-bond acceptors (Lipinski definition) is 4. The third-order valence-electron chi connectivity index (χ3n) is 3.34. The van der Waals surface area contributed by atoms with Gasteiger partial charge in [0.05, 0.1) is 19.0 Å². The molecule has 2 rings (SSSR count). The number of anilines is 1. The number of hydrogen-bond donors (Lipinski definition) is 0. The lowest BCUT2D eigenvalue weighted by Gasteiger charge is -2.37. The zero-order valence-electron chi connectivity index (χ0n) is 10.9. The molecule has 4 heteroatoms. The van der Waals surface area contributed by atoms with Crippen LogP contribution in [0.4, 0.5) is 5.69 Å². The number of pyridine rings is 1. The Morgan fingerprint density at radius 1 is 1.18 bits per heavy atom. The topological polar surface area (TPSA) is 28.6 Å². The Labute approximate surface area is 103 Å². The van der Waals surface area contributed by atoms with Crippen molar-refractivity contribution in [2.75, 3.05) is 38.2 Å². The molecule has 0 radical (unpaired) electrons. The maximum atomic E-state index is 5.07. The molecule has 0 bridgehead atoms. The molecule has 0 N–H and O–H groups in total. The average molecular weight is 235 g/mol. The van der Waals surface area contributed by atoms with E-state index in [9.17, 15) is 0 Å². The van der Waals surface area contributed by atoms with Gasteiger partial charge in [-0.25, -0.2) is 4.98 Å². The summed E-state index contributed by atoms with van der Waals surface area (Å²) in [4.78, 5) is 9.14. The maximum absolute atomic E-state index is 5.07. The van der Waals surface area contributed by atoms with Gasteiger partial charge in [0.1, 0.15) is 0 Å². The molecule has 1 aliphatic heterocycles. The highest BCUT2D eigenvalue weighted by Gasteiger charge is 2.18. The van der Waals surface area contributed by atoms with E-state index in [1.54, 1.807) is 7.11 Å². The summed E-state index contributed by atoms with van der Waals surface area (Å²) in [6.45, 7) is 8.92. The molecule has 0 amide bonds. The molecule has 2 heterocycles. The van der Waals surface area contributed by atoms with Crippen LogP contribution in [0.2, 0.25) is 0 Å². The van der Waals surface area contributed by atoms with Crippen LogP contribution in [0.25, 0.3) is 0 Å². The second-order valence-electron chi connectivity index (χ2n) is 4.68. The number of aromatic nitrogens is 1. The van der Waals surface area contributed by atoms with Crippen molar-refractivity contribution in [1.82, 2.24) is 9.88 Å². The van der Waals surface area contributed by atoms with Crippen LogP contribution in [0, 0.1) is 0 Å². The van der Waals surface area contributed by atoms with Crippen LogP contribution in [0.5, 0.6) is 5.88 Å². The maximum Gasteiger partial charge on any atom is 0.213 e.